The number of fused-ring (bicyclic) bond motifs is 1. The van der Waals surface area contributed by atoms with Crippen LogP contribution in [0, 0.1) is 35.5 Å². The van der Waals surface area contributed by atoms with Crippen molar-refractivity contribution < 1.29 is 88.6 Å². The first-order chi connectivity index (χ1) is 48.4. The van der Waals surface area contributed by atoms with E-state index in [0.717, 1.165) is 30.9 Å². The lowest BCUT2D eigenvalue weighted by Gasteiger charge is -2.43. The highest BCUT2D eigenvalue weighted by molar-refractivity contribution is 6.21. The topological polar surface area (TPSA) is 279 Å². The van der Waals surface area contributed by atoms with Crippen LogP contribution in [0.1, 0.15) is 175 Å². The number of rotatable bonds is 10. The first-order valence-corrected chi connectivity index (χ1v) is 37.5. The highest BCUT2D eigenvalue weighted by Crippen LogP contribution is 2.45. The Bertz CT molecular complexity index is 3020. The van der Waals surface area contributed by atoms with E-state index in [-0.39, 0.29) is 123 Å². The molecule has 4 aliphatic carbocycles. The predicted molar refractivity (Wildman–Crippen MR) is 367 cm³/mol. The number of morpholine rings is 1. The minimum absolute atomic E-state index is 0.00370. The molecule has 32 heteroatoms. The Hall–Kier alpha value is -6.53. The number of halogens is 7. The van der Waals surface area contributed by atoms with Crippen LogP contribution < -0.4 is 16.0 Å². The van der Waals surface area contributed by atoms with Gasteiger partial charge >= 0.3 is 12.4 Å². The number of nitrogens with one attached hydrogen (secondary N) is 3. The summed E-state index contributed by atoms with van der Waals surface area (Å²) in [5.74, 6) is -14.0. The zero-order valence-electron chi connectivity index (χ0n) is 61.7. The van der Waals surface area contributed by atoms with Crippen molar-refractivity contribution in [1.82, 2.24) is 60.0 Å². The Morgan fingerprint density at radius 2 is 1.19 bits per heavy atom. The molecule has 3 saturated heterocycles. The monoisotopic (exact) mass is 1490 g/mol. The van der Waals surface area contributed by atoms with Gasteiger partial charge in [0.25, 0.3) is 0 Å². The number of amides is 12. The van der Waals surface area contributed by atoms with Gasteiger partial charge in [-0.05, 0) is 133 Å². The van der Waals surface area contributed by atoms with Crippen LogP contribution in [0.4, 0.5) is 26.3 Å². The molecular formula is C71H111ClF6N12O13. The second-order valence-corrected chi connectivity index (χ2v) is 30.9. The van der Waals surface area contributed by atoms with E-state index in [0.29, 0.717) is 51.4 Å². The maximum Gasteiger partial charge on any atom is 0.393 e. The zero-order chi connectivity index (χ0) is 76.2. The normalized spacial score (nSPS) is 31.0. The van der Waals surface area contributed by atoms with E-state index in [1.807, 2.05) is 0 Å². The molecule has 3 N–H and O–H groups in total. The molecule has 3 heterocycles. The molecule has 3 unspecified atom stereocenters. The maximum atomic E-state index is 15.7. The molecule has 7 rings (SSSR count). The summed E-state index contributed by atoms with van der Waals surface area (Å²) in [5.41, 5.74) is -1.61. The van der Waals surface area contributed by atoms with Gasteiger partial charge in [-0.15, -0.1) is 11.6 Å². The van der Waals surface area contributed by atoms with Crippen LogP contribution in [0.3, 0.4) is 0 Å². The summed E-state index contributed by atoms with van der Waals surface area (Å²) >= 11 is 6.38. The fraction of sp³-hybridized carbons (Fsp3) is 0.831. The summed E-state index contributed by atoms with van der Waals surface area (Å²) in [4.78, 5) is 189. The Balaban J connectivity index is 1.27. The van der Waals surface area contributed by atoms with Crippen LogP contribution in [0.25, 0.3) is 0 Å². The fourth-order valence-corrected chi connectivity index (χ4v) is 17.1. The molecule has 25 nitrogen and oxygen atoms in total. The van der Waals surface area contributed by atoms with Crippen LogP contribution in [0.2, 0.25) is 0 Å². The second kappa shape index (κ2) is 36.7. The Labute approximate surface area is 606 Å². The summed E-state index contributed by atoms with van der Waals surface area (Å²) in [6.07, 6.45) is -5.13. The van der Waals surface area contributed by atoms with E-state index in [4.69, 9.17) is 16.3 Å². The molecule has 7 fully saturated rings. The first-order valence-electron chi connectivity index (χ1n) is 37.1. The van der Waals surface area contributed by atoms with Crippen molar-refractivity contribution in [2.24, 2.45) is 35.5 Å². The molecule has 11 atom stereocenters. The summed E-state index contributed by atoms with van der Waals surface area (Å²) < 4.78 is 89.4. The fourth-order valence-electron chi connectivity index (χ4n) is 16.5. The largest absolute Gasteiger partial charge is 0.393 e. The van der Waals surface area contributed by atoms with Crippen LogP contribution >= 0.6 is 11.6 Å². The molecule has 0 aromatic rings. The van der Waals surface area contributed by atoms with Crippen LogP contribution in [-0.4, -0.2) is 282 Å². The second-order valence-electron chi connectivity index (χ2n) is 30.3. The summed E-state index contributed by atoms with van der Waals surface area (Å²) in [5, 5.41) is 7.32. The van der Waals surface area contributed by atoms with Gasteiger partial charge in [-0.1, -0.05) is 59.3 Å². The molecule has 0 aromatic heterocycles. The third-order valence-electron chi connectivity index (χ3n) is 23.4. The van der Waals surface area contributed by atoms with Crippen LogP contribution in [0.5, 0.6) is 0 Å². The highest BCUT2D eigenvalue weighted by Gasteiger charge is 2.53. The van der Waals surface area contributed by atoms with E-state index in [1.54, 1.807) is 20.8 Å². The molecule has 0 radical (unpaired) electrons. The Kier molecular flexibility index (Phi) is 29.8. The molecule has 4 saturated carbocycles. The van der Waals surface area contributed by atoms with E-state index in [1.165, 1.54) is 68.9 Å². The lowest BCUT2D eigenvalue weighted by atomic mass is 9.78. The number of hydrogen-bond acceptors (Lipinski definition) is 13. The highest BCUT2D eigenvalue weighted by atomic mass is 35.5. The van der Waals surface area contributed by atoms with Crippen molar-refractivity contribution in [2.75, 3.05) is 102 Å². The SMILES string of the molecule is CC[C@H](C)[C@@H]1NC(=O)[C@H](CC)N(C)C(=O)C[C@@H](C(=O)N2CCOCC2)N(C)C(=O)[C@H](C2CCCCC2)N(C)C(=O)C2(CCCC2)NC(=O)[C@@H]2CCCN2C(=O)[C@H](CCC2CCC(C(F)(F)F)C(Cl)C2)NC(=O)CN(C)C(=O)[C@H](CC2CCC(C(F)(F)F)CC2)N(C)C(=O)CN(C)C(=O)CN(C)C1=O. The standard InChI is InChI=1S/C71H111ClF6N12O13/c1-11-43(3)59-66(100)84(6)41-57(93)82(4)42-58(94)86(8)53(38-45-22-26-47(27-23-45)70(73,74)75)64(98)83(5)40-55(91)79-50(29-25-44-24-28-48(49(72)37-44)71(76,77)78)63(97)90-32-18-21-52(90)62(96)81-69(30-16-17-31-69)68(102)88(10)60(46-19-14-13-15-20-46)67(101)87(9)54(65(99)89-33-35-103-36-34-89)39-56(92)85(7)51(12-2)61(95)80-59/h43-54,59-60H,11-42H2,1-10H3,(H,79,91)(H,80,95)(H,81,96)/t43-,44?,45?,47?,48?,49?,50-,51-,52-,53-,54-,59-,60-/m0/s1. The number of carbonyl (C=O) groups excluding carboxylic acids is 12. The molecule has 12 amide bonds. The number of likely N-dealkylation sites (N-methyl/N-ethyl adjacent to an activating group) is 7. The zero-order valence-corrected chi connectivity index (χ0v) is 62.4. The molecule has 3 aliphatic heterocycles. The number of nitrogens with zero attached hydrogens (tertiary/aromatic N) is 9. The Morgan fingerprint density at radius 1 is 0.592 bits per heavy atom. The minimum Gasteiger partial charge on any atom is -0.378 e. The summed E-state index contributed by atoms with van der Waals surface area (Å²) in [6.45, 7) is 3.72. The van der Waals surface area contributed by atoms with Gasteiger partial charge in [0.1, 0.15) is 47.8 Å². The molecule has 0 bridgehead atoms. The lowest BCUT2D eigenvalue weighted by molar-refractivity contribution is -0.184. The van der Waals surface area contributed by atoms with Gasteiger partial charge in [0, 0.05) is 74.3 Å². The van der Waals surface area contributed by atoms with Gasteiger partial charge in [0.2, 0.25) is 70.9 Å². The molecular weight excluding hydrogens is 1380 g/mol. The quantitative estimate of drug-likeness (QED) is 0.181. The van der Waals surface area contributed by atoms with Crippen molar-refractivity contribution in [3.63, 3.8) is 0 Å². The van der Waals surface area contributed by atoms with E-state index in [9.17, 15) is 64.7 Å². The van der Waals surface area contributed by atoms with Crippen molar-refractivity contribution in [1.29, 1.82) is 0 Å². The molecule has 7 aliphatic rings. The van der Waals surface area contributed by atoms with Crippen LogP contribution in [-0.2, 0) is 62.3 Å². The van der Waals surface area contributed by atoms with Gasteiger partial charge < -0.3 is 64.8 Å². The maximum absolute atomic E-state index is 15.7. The van der Waals surface area contributed by atoms with Crippen molar-refractivity contribution in [2.45, 2.75) is 240 Å². The van der Waals surface area contributed by atoms with Gasteiger partial charge in [-0.2, -0.15) is 26.3 Å². The number of hydrogen-bond donors (Lipinski definition) is 3. The lowest BCUT2D eigenvalue weighted by Crippen LogP contribution is -2.65. The van der Waals surface area contributed by atoms with Gasteiger partial charge in [0.05, 0.1) is 51.1 Å². The summed E-state index contributed by atoms with van der Waals surface area (Å²) in [6, 6.07) is -9.27. The molecule has 0 aromatic carbocycles. The third kappa shape index (κ3) is 21.0. The van der Waals surface area contributed by atoms with Gasteiger partial charge in [-0.25, -0.2) is 0 Å². The number of ether oxygens (including phenoxy) is 1. The summed E-state index contributed by atoms with van der Waals surface area (Å²) in [7, 11) is 9.40. The Morgan fingerprint density at radius 3 is 1.79 bits per heavy atom. The third-order valence-corrected chi connectivity index (χ3v) is 23.9. The smallest absolute Gasteiger partial charge is 0.378 e. The average Bonchev–Trinajstić information content (AvgIpc) is 1.60. The van der Waals surface area contributed by atoms with Crippen molar-refractivity contribution in [3.05, 3.63) is 0 Å². The van der Waals surface area contributed by atoms with Gasteiger partial charge in [0.15, 0.2) is 0 Å². The van der Waals surface area contributed by atoms with Crippen molar-refractivity contribution in [3.8, 4) is 0 Å². The average molecular weight is 1490 g/mol. The predicted octanol–water partition coefficient (Wildman–Crippen LogP) is 5.48. The van der Waals surface area contributed by atoms with E-state index < -0.39 is 198 Å². The number of alkyl halides is 7. The minimum atomic E-state index is -4.55. The molecule has 582 valence electrons. The first kappa shape index (κ1) is 83.7. The molecule has 1 spiro atoms. The van der Waals surface area contributed by atoms with E-state index in [2.05, 4.69) is 16.0 Å². The number of carbonyl (C=O) groups is 12. The molecule has 103 heavy (non-hydrogen) atoms. The van der Waals surface area contributed by atoms with Crippen molar-refractivity contribution >= 4 is 82.5 Å². The van der Waals surface area contributed by atoms with E-state index >= 15 is 19.2 Å². The van der Waals surface area contributed by atoms with Gasteiger partial charge in [-0.3, -0.25) is 57.5 Å². The van der Waals surface area contributed by atoms with Crippen LogP contribution in [0.15, 0.2) is 0 Å².